The van der Waals surface area contributed by atoms with Crippen molar-refractivity contribution >= 4 is 16.0 Å². The van der Waals surface area contributed by atoms with Gasteiger partial charge in [-0.1, -0.05) is 25.1 Å². The second-order valence-electron chi connectivity index (χ2n) is 4.86. The zero-order valence-electron chi connectivity index (χ0n) is 12.4. The van der Waals surface area contributed by atoms with Gasteiger partial charge in [0.1, 0.15) is 11.4 Å². The number of halogens is 1. The van der Waals surface area contributed by atoms with Crippen molar-refractivity contribution < 1.29 is 27.1 Å². The highest BCUT2D eigenvalue weighted by Gasteiger charge is 2.32. The van der Waals surface area contributed by atoms with Gasteiger partial charge in [0.2, 0.25) is 5.09 Å². The molecule has 2 rings (SSSR count). The summed E-state index contributed by atoms with van der Waals surface area (Å²) in [7, 11) is -4.19. The fraction of sp³-hybridized carbons (Fsp3) is 0.267. The Morgan fingerprint density at radius 1 is 1.30 bits per heavy atom. The van der Waals surface area contributed by atoms with Gasteiger partial charge in [-0.2, -0.15) is 4.31 Å². The highest BCUT2D eigenvalue weighted by atomic mass is 32.2. The number of benzene rings is 1. The highest BCUT2D eigenvalue weighted by Crippen LogP contribution is 2.24. The van der Waals surface area contributed by atoms with Gasteiger partial charge in [0, 0.05) is 18.7 Å². The van der Waals surface area contributed by atoms with Crippen LogP contribution in [0.5, 0.6) is 0 Å². The van der Waals surface area contributed by atoms with E-state index < -0.39 is 32.5 Å². The molecule has 0 radical (unpaired) electrons. The number of carboxylic acids is 1. The molecule has 0 aliphatic heterocycles. The molecule has 0 saturated carbocycles. The van der Waals surface area contributed by atoms with E-state index in [0.29, 0.717) is 6.42 Å². The maximum absolute atomic E-state index is 13.8. The van der Waals surface area contributed by atoms with E-state index >= 15 is 0 Å². The molecule has 1 aromatic heterocycles. The van der Waals surface area contributed by atoms with Crippen LogP contribution < -0.4 is 0 Å². The van der Waals surface area contributed by atoms with Gasteiger partial charge in [-0.25, -0.2) is 17.6 Å². The third kappa shape index (κ3) is 3.59. The Morgan fingerprint density at radius 2 is 2.00 bits per heavy atom. The standard InChI is InChI=1S/C15H16FNO5S/c1-2-8-17(10-11-5-3-4-6-13(11)16)23(20,21)15-12(14(18)19)7-9-22-15/h3-7,9H,2,8,10H2,1H3,(H,18,19). The molecule has 0 aliphatic carbocycles. The van der Waals surface area contributed by atoms with Gasteiger partial charge in [-0.3, -0.25) is 0 Å². The number of hydrogen-bond acceptors (Lipinski definition) is 4. The molecular weight excluding hydrogens is 325 g/mol. The van der Waals surface area contributed by atoms with Crippen LogP contribution in [0.25, 0.3) is 0 Å². The molecule has 8 heteroatoms. The molecule has 0 amide bonds. The summed E-state index contributed by atoms with van der Waals surface area (Å²) in [5.74, 6) is -1.93. The Kier molecular flexibility index (Phi) is 5.17. The maximum atomic E-state index is 13.8. The molecule has 0 spiro atoms. The normalized spacial score (nSPS) is 11.8. The minimum atomic E-state index is -4.19. The van der Waals surface area contributed by atoms with E-state index in [1.54, 1.807) is 13.0 Å². The van der Waals surface area contributed by atoms with Crippen LogP contribution in [0.15, 0.2) is 46.1 Å². The number of furan rings is 1. The number of carboxylic acid groups (broad SMARTS) is 1. The highest BCUT2D eigenvalue weighted by molar-refractivity contribution is 7.89. The van der Waals surface area contributed by atoms with Crippen molar-refractivity contribution in [2.24, 2.45) is 0 Å². The summed E-state index contributed by atoms with van der Waals surface area (Å²) in [6, 6.07) is 6.90. The van der Waals surface area contributed by atoms with Crippen molar-refractivity contribution in [2.75, 3.05) is 6.54 Å². The van der Waals surface area contributed by atoms with E-state index in [1.165, 1.54) is 18.2 Å². The Morgan fingerprint density at radius 3 is 2.61 bits per heavy atom. The topological polar surface area (TPSA) is 87.8 Å². The third-order valence-electron chi connectivity index (χ3n) is 3.21. The number of sulfonamides is 1. The maximum Gasteiger partial charge on any atom is 0.340 e. The summed E-state index contributed by atoms with van der Waals surface area (Å²) < 4.78 is 45.0. The molecule has 1 heterocycles. The predicted molar refractivity (Wildman–Crippen MR) is 80.0 cm³/mol. The zero-order chi connectivity index (χ0) is 17.0. The van der Waals surface area contributed by atoms with E-state index in [9.17, 15) is 17.6 Å². The lowest BCUT2D eigenvalue weighted by atomic mass is 10.2. The van der Waals surface area contributed by atoms with Crippen LogP contribution in [0, 0.1) is 5.82 Å². The molecule has 0 fully saturated rings. The van der Waals surface area contributed by atoms with E-state index in [2.05, 4.69) is 0 Å². The molecule has 124 valence electrons. The van der Waals surface area contributed by atoms with Gasteiger partial charge in [-0.15, -0.1) is 0 Å². The van der Waals surface area contributed by atoms with Crippen LogP contribution in [0.2, 0.25) is 0 Å². The van der Waals surface area contributed by atoms with E-state index in [4.69, 9.17) is 9.52 Å². The van der Waals surface area contributed by atoms with Crippen molar-refractivity contribution in [1.82, 2.24) is 4.31 Å². The SMILES string of the molecule is CCCN(Cc1ccccc1F)S(=O)(=O)c1occc1C(=O)O. The van der Waals surface area contributed by atoms with E-state index in [0.717, 1.165) is 16.6 Å². The lowest BCUT2D eigenvalue weighted by molar-refractivity contribution is 0.0689. The second kappa shape index (κ2) is 6.93. The number of nitrogens with zero attached hydrogens (tertiary/aromatic N) is 1. The minimum Gasteiger partial charge on any atom is -0.478 e. The van der Waals surface area contributed by atoms with Crippen LogP contribution in [0.4, 0.5) is 4.39 Å². The molecule has 23 heavy (non-hydrogen) atoms. The summed E-state index contributed by atoms with van der Waals surface area (Å²) in [6.45, 7) is 1.67. The first-order valence-corrected chi connectivity index (χ1v) is 8.36. The van der Waals surface area contributed by atoms with Gasteiger partial charge in [0.25, 0.3) is 10.0 Å². The Hall–Kier alpha value is -2.19. The quantitative estimate of drug-likeness (QED) is 0.836. The molecule has 6 nitrogen and oxygen atoms in total. The third-order valence-corrected chi connectivity index (χ3v) is 4.99. The Bertz CT molecular complexity index is 800. The van der Waals surface area contributed by atoms with Crippen LogP contribution in [-0.2, 0) is 16.6 Å². The summed E-state index contributed by atoms with van der Waals surface area (Å²) in [5.41, 5.74) is -0.243. The van der Waals surface area contributed by atoms with E-state index in [-0.39, 0.29) is 18.7 Å². The van der Waals surface area contributed by atoms with Gasteiger partial charge in [-0.05, 0) is 18.6 Å². The van der Waals surface area contributed by atoms with Gasteiger partial charge in [0.15, 0.2) is 0 Å². The lowest BCUT2D eigenvalue weighted by Crippen LogP contribution is -2.32. The Balaban J connectivity index is 2.41. The van der Waals surface area contributed by atoms with Crippen LogP contribution in [0.1, 0.15) is 29.3 Å². The first kappa shape index (κ1) is 17.2. The fourth-order valence-corrected chi connectivity index (χ4v) is 3.70. The first-order valence-electron chi connectivity index (χ1n) is 6.92. The molecule has 0 atom stereocenters. The van der Waals surface area contributed by atoms with Crippen molar-refractivity contribution in [2.45, 2.75) is 25.0 Å². The summed E-state index contributed by atoms with van der Waals surface area (Å²) in [6.07, 6.45) is 1.49. The molecule has 2 aromatic rings. The minimum absolute atomic E-state index is 0.108. The predicted octanol–water partition coefficient (Wildman–Crippen LogP) is 2.72. The number of aromatic carboxylic acids is 1. The molecule has 1 aromatic carbocycles. The average Bonchev–Trinajstić information content (AvgIpc) is 2.99. The van der Waals surface area contributed by atoms with Crippen LogP contribution >= 0.6 is 0 Å². The van der Waals surface area contributed by atoms with Gasteiger partial charge >= 0.3 is 5.97 Å². The zero-order valence-corrected chi connectivity index (χ0v) is 13.2. The van der Waals surface area contributed by atoms with Crippen molar-refractivity contribution in [3.8, 4) is 0 Å². The van der Waals surface area contributed by atoms with Gasteiger partial charge < -0.3 is 9.52 Å². The molecule has 0 unspecified atom stereocenters. The van der Waals surface area contributed by atoms with Crippen LogP contribution in [0.3, 0.4) is 0 Å². The average molecular weight is 341 g/mol. The number of hydrogen-bond donors (Lipinski definition) is 1. The second-order valence-corrected chi connectivity index (χ2v) is 6.69. The summed E-state index contributed by atoms with van der Waals surface area (Å²) in [4.78, 5) is 11.1. The molecule has 0 aliphatic rings. The lowest BCUT2D eigenvalue weighted by Gasteiger charge is -2.21. The monoisotopic (exact) mass is 341 g/mol. The largest absolute Gasteiger partial charge is 0.478 e. The molecule has 0 saturated heterocycles. The summed E-state index contributed by atoms with van der Waals surface area (Å²) in [5, 5.41) is 8.42. The van der Waals surface area contributed by atoms with Crippen molar-refractivity contribution in [1.29, 1.82) is 0 Å². The number of carbonyl (C=O) groups is 1. The molecule has 1 N–H and O–H groups in total. The first-order chi connectivity index (χ1) is 10.9. The molecule has 0 bridgehead atoms. The Labute approximate surface area is 133 Å². The number of rotatable bonds is 7. The van der Waals surface area contributed by atoms with Crippen LogP contribution in [-0.4, -0.2) is 30.3 Å². The smallest absolute Gasteiger partial charge is 0.340 e. The van der Waals surface area contributed by atoms with Crippen molar-refractivity contribution in [3.63, 3.8) is 0 Å². The van der Waals surface area contributed by atoms with Crippen molar-refractivity contribution in [3.05, 3.63) is 53.5 Å². The van der Waals surface area contributed by atoms with E-state index in [1.807, 2.05) is 0 Å². The summed E-state index contributed by atoms with van der Waals surface area (Å²) >= 11 is 0. The molecular formula is C15H16FNO5S. The fourth-order valence-electron chi connectivity index (χ4n) is 2.12. The van der Waals surface area contributed by atoms with Gasteiger partial charge in [0.05, 0.1) is 6.26 Å².